The van der Waals surface area contributed by atoms with E-state index < -0.39 is 0 Å². The molecular formula is C26H21N3O3. The first kappa shape index (κ1) is 19.8. The number of carbonyl (C=O) groups excluding carboxylic acids is 1. The second-order valence-electron chi connectivity index (χ2n) is 7.75. The van der Waals surface area contributed by atoms with Crippen LogP contribution in [0.15, 0.2) is 81.6 Å². The van der Waals surface area contributed by atoms with E-state index in [0.29, 0.717) is 35.2 Å². The average molecular weight is 423 g/mol. The normalized spacial score (nSPS) is 11.1. The molecule has 5 rings (SSSR count). The summed E-state index contributed by atoms with van der Waals surface area (Å²) in [4.78, 5) is 12.8. The van der Waals surface area contributed by atoms with Gasteiger partial charge in [-0.3, -0.25) is 4.79 Å². The molecule has 0 aliphatic carbocycles. The monoisotopic (exact) mass is 423 g/mol. The van der Waals surface area contributed by atoms with Gasteiger partial charge in [0.1, 0.15) is 5.58 Å². The number of furan rings is 1. The zero-order valence-corrected chi connectivity index (χ0v) is 17.8. The predicted octanol–water partition coefficient (Wildman–Crippen LogP) is 5.94. The van der Waals surface area contributed by atoms with Crippen LogP contribution in [0.4, 0.5) is 5.69 Å². The van der Waals surface area contributed by atoms with Crippen molar-refractivity contribution < 1.29 is 13.6 Å². The third-order valence-corrected chi connectivity index (χ3v) is 5.35. The maximum atomic E-state index is 12.8. The fourth-order valence-electron chi connectivity index (χ4n) is 3.64. The minimum absolute atomic E-state index is 0.270. The number of nitrogens with zero attached hydrogens (tertiary/aromatic N) is 2. The van der Waals surface area contributed by atoms with Gasteiger partial charge in [0.2, 0.25) is 11.8 Å². The number of fused-ring (bicyclic) bond motifs is 1. The minimum Gasteiger partial charge on any atom is -0.451 e. The van der Waals surface area contributed by atoms with Crippen molar-refractivity contribution in [3.05, 3.63) is 101 Å². The Labute approximate surface area is 184 Å². The Balaban J connectivity index is 1.28. The van der Waals surface area contributed by atoms with E-state index in [1.165, 1.54) is 0 Å². The van der Waals surface area contributed by atoms with E-state index in [0.717, 1.165) is 27.6 Å². The molecule has 0 saturated heterocycles. The largest absolute Gasteiger partial charge is 0.451 e. The Hall–Kier alpha value is -4.19. The second-order valence-corrected chi connectivity index (χ2v) is 7.75. The van der Waals surface area contributed by atoms with Gasteiger partial charge in [0.05, 0.1) is 6.42 Å². The van der Waals surface area contributed by atoms with E-state index in [-0.39, 0.29) is 5.91 Å². The van der Waals surface area contributed by atoms with Crippen LogP contribution >= 0.6 is 0 Å². The first-order valence-electron chi connectivity index (χ1n) is 10.3. The molecule has 0 fully saturated rings. The number of aromatic nitrogens is 2. The van der Waals surface area contributed by atoms with Gasteiger partial charge >= 0.3 is 0 Å². The van der Waals surface area contributed by atoms with Crippen molar-refractivity contribution in [1.82, 2.24) is 10.2 Å². The Morgan fingerprint density at radius 3 is 2.47 bits per heavy atom. The lowest BCUT2D eigenvalue weighted by atomic mass is 10.1. The Bertz CT molecular complexity index is 1400. The van der Waals surface area contributed by atoms with Crippen molar-refractivity contribution in [1.29, 1.82) is 0 Å². The Morgan fingerprint density at radius 1 is 0.906 bits per heavy atom. The van der Waals surface area contributed by atoms with Gasteiger partial charge in [-0.15, -0.1) is 10.2 Å². The predicted molar refractivity (Wildman–Crippen MR) is 123 cm³/mol. The van der Waals surface area contributed by atoms with Crippen LogP contribution in [-0.4, -0.2) is 16.1 Å². The van der Waals surface area contributed by atoms with Crippen molar-refractivity contribution in [3.63, 3.8) is 0 Å². The molecular weight excluding hydrogens is 402 g/mol. The van der Waals surface area contributed by atoms with Gasteiger partial charge in [-0.25, -0.2) is 0 Å². The SMILES string of the molecule is Cc1ccc2oc(C(=O)Nc3ccc(Cc4nnc(-c5ccccc5)o4)cc3)c(C)c2c1. The first-order valence-corrected chi connectivity index (χ1v) is 10.3. The van der Waals surface area contributed by atoms with Crippen molar-refractivity contribution >= 4 is 22.6 Å². The van der Waals surface area contributed by atoms with Crippen LogP contribution in [0.2, 0.25) is 0 Å². The lowest BCUT2D eigenvalue weighted by Gasteiger charge is -2.05. The molecule has 0 atom stereocenters. The molecule has 1 N–H and O–H groups in total. The molecule has 0 saturated carbocycles. The van der Waals surface area contributed by atoms with Gasteiger partial charge < -0.3 is 14.2 Å². The molecule has 6 nitrogen and oxygen atoms in total. The molecule has 2 heterocycles. The number of carbonyl (C=O) groups is 1. The second kappa shape index (κ2) is 8.15. The summed E-state index contributed by atoms with van der Waals surface area (Å²) in [6.07, 6.45) is 0.510. The molecule has 158 valence electrons. The highest BCUT2D eigenvalue weighted by atomic mass is 16.4. The van der Waals surface area contributed by atoms with Gasteiger partial charge in [-0.1, -0.05) is 42.0 Å². The molecule has 0 bridgehead atoms. The highest BCUT2D eigenvalue weighted by Gasteiger charge is 2.18. The summed E-state index contributed by atoms with van der Waals surface area (Å²) in [5.41, 5.74) is 5.25. The zero-order chi connectivity index (χ0) is 22.1. The van der Waals surface area contributed by atoms with Crippen LogP contribution in [0.5, 0.6) is 0 Å². The number of rotatable bonds is 5. The van der Waals surface area contributed by atoms with Gasteiger partial charge in [0.15, 0.2) is 5.76 Å². The average Bonchev–Trinajstić information content (AvgIpc) is 3.40. The summed E-state index contributed by atoms with van der Waals surface area (Å²) >= 11 is 0. The van der Waals surface area contributed by atoms with Crippen LogP contribution in [0.1, 0.15) is 33.1 Å². The minimum atomic E-state index is -0.270. The summed E-state index contributed by atoms with van der Waals surface area (Å²) < 4.78 is 11.6. The molecule has 1 amide bonds. The zero-order valence-electron chi connectivity index (χ0n) is 17.8. The third kappa shape index (κ3) is 3.90. The van der Waals surface area contributed by atoms with Gasteiger partial charge in [-0.05, 0) is 55.8 Å². The first-order chi connectivity index (χ1) is 15.6. The topological polar surface area (TPSA) is 81.2 Å². The highest BCUT2D eigenvalue weighted by molar-refractivity contribution is 6.06. The summed E-state index contributed by atoms with van der Waals surface area (Å²) in [6, 6.07) is 23.1. The van der Waals surface area contributed by atoms with Crippen molar-refractivity contribution in [3.8, 4) is 11.5 Å². The van der Waals surface area contributed by atoms with E-state index in [1.807, 2.05) is 86.6 Å². The smallest absolute Gasteiger partial charge is 0.291 e. The van der Waals surface area contributed by atoms with E-state index in [1.54, 1.807) is 0 Å². The van der Waals surface area contributed by atoms with Crippen molar-refractivity contribution in [2.24, 2.45) is 0 Å². The maximum Gasteiger partial charge on any atom is 0.291 e. The fourth-order valence-corrected chi connectivity index (χ4v) is 3.64. The molecule has 2 aromatic heterocycles. The number of nitrogens with one attached hydrogen (secondary N) is 1. The van der Waals surface area contributed by atoms with E-state index in [4.69, 9.17) is 8.83 Å². The number of aryl methyl sites for hydroxylation is 2. The van der Waals surface area contributed by atoms with Crippen LogP contribution in [0.3, 0.4) is 0 Å². The van der Waals surface area contributed by atoms with E-state index >= 15 is 0 Å². The lowest BCUT2D eigenvalue weighted by Crippen LogP contribution is -2.12. The van der Waals surface area contributed by atoms with Crippen LogP contribution in [0.25, 0.3) is 22.4 Å². The summed E-state index contributed by atoms with van der Waals surface area (Å²) in [7, 11) is 0. The number of hydrogen-bond acceptors (Lipinski definition) is 5. The number of anilines is 1. The van der Waals surface area contributed by atoms with Crippen LogP contribution in [-0.2, 0) is 6.42 Å². The summed E-state index contributed by atoms with van der Waals surface area (Å²) in [5, 5.41) is 12.1. The summed E-state index contributed by atoms with van der Waals surface area (Å²) in [6.45, 7) is 3.92. The molecule has 0 spiro atoms. The molecule has 0 aliphatic rings. The van der Waals surface area contributed by atoms with Gasteiger partial charge in [0.25, 0.3) is 5.91 Å². The van der Waals surface area contributed by atoms with Gasteiger partial charge in [-0.2, -0.15) is 0 Å². The Morgan fingerprint density at radius 2 is 1.69 bits per heavy atom. The molecule has 3 aromatic carbocycles. The van der Waals surface area contributed by atoms with Crippen LogP contribution in [0, 0.1) is 13.8 Å². The molecule has 6 heteroatoms. The van der Waals surface area contributed by atoms with Crippen molar-refractivity contribution in [2.75, 3.05) is 5.32 Å². The quantitative estimate of drug-likeness (QED) is 0.378. The molecule has 0 unspecified atom stereocenters. The standard InChI is InChI=1S/C26H21N3O3/c1-16-8-13-22-21(14-16)17(2)24(31-22)25(30)27-20-11-9-18(10-12-20)15-23-28-29-26(32-23)19-6-4-3-5-7-19/h3-14H,15H2,1-2H3,(H,27,30). The van der Waals surface area contributed by atoms with Gasteiger partial charge in [0, 0.05) is 22.2 Å². The van der Waals surface area contributed by atoms with E-state index in [9.17, 15) is 4.79 Å². The number of amides is 1. The maximum absolute atomic E-state index is 12.8. The third-order valence-electron chi connectivity index (χ3n) is 5.35. The molecule has 0 aliphatic heterocycles. The van der Waals surface area contributed by atoms with Crippen LogP contribution < -0.4 is 5.32 Å². The molecule has 0 radical (unpaired) electrons. The lowest BCUT2D eigenvalue weighted by molar-refractivity contribution is 0.0998. The number of hydrogen-bond donors (Lipinski definition) is 1. The number of benzene rings is 3. The van der Waals surface area contributed by atoms with Crippen molar-refractivity contribution in [2.45, 2.75) is 20.3 Å². The summed E-state index contributed by atoms with van der Waals surface area (Å²) in [5.74, 6) is 1.09. The molecule has 5 aromatic rings. The Kier molecular flexibility index (Phi) is 5.03. The van der Waals surface area contributed by atoms with E-state index in [2.05, 4.69) is 15.5 Å². The highest BCUT2D eigenvalue weighted by Crippen LogP contribution is 2.27. The fraction of sp³-hybridized carbons (Fsp3) is 0.115. The molecule has 32 heavy (non-hydrogen) atoms.